The zero-order valence-corrected chi connectivity index (χ0v) is 10.1. The average Bonchev–Trinajstić information content (AvgIpc) is 2.14. The maximum atomic E-state index is 5.71. The molecule has 0 N–H and O–H groups in total. The lowest BCUT2D eigenvalue weighted by atomic mass is 10.2. The molecule has 0 atom stereocenters. The average molecular weight is 208 g/mol. The summed E-state index contributed by atoms with van der Waals surface area (Å²) in [5.41, 5.74) is -0.0979. The van der Waals surface area contributed by atoms with Crippen molar-refractivity contribution in [3.05, 3.63) is 24.3 Å². The fraction of sp³-hybridized carbons (Fsp3) is 0.455. The van der Waals surface area contributed by atoms with Crippen LogP contribution < -0.4 is 9.92 Å². The van der Waals surface area contributed by atoms with Crippen molar-refractivity contribution < 1.29 is 9.16 Å². The number of para-hydroxylation sites is 1. The molecule has 1 aromatic carbocycles. The van der Waals surface area contributed by atoms with Gasteiger partial charge in [0.15, 0.2) is 0 Å². The van der Waals surface area contributed by atoms with E-state index < -0.39 is 0 Å². The lowest BCUT2D eigenvalue weighted by Crippen LogP contribution is -2.29. The minimum Gasteiger partial charge on any atom is -0.497 e. The number of hydrogen-bond donors (Lipinski definition) is 0. The predicted molar refractivity (Wildman–Crippen MR) is 59.2 cm³/mol. The summed E-state index contributed by atoms with van der Waals surface area (Å²) in [5, 5.41) is 1.12. The Balaban J connectivity index is 2.67. The Morgan fingerprint density at radius 3 is 2.36 bits per heavy atom. The molecule has 0 spiro atoms. The summed E-state index contributed by atoms with van der Waals surface area (Å²) in [6.45, 7) is 6.15. The Labute approximate surface area is 88.2 Å². The molecule has 0 amide bonds. The zero-order valence-electron chi connectivity index (χ0n) is 9.13. The van der Waals surface area contributed by atoms with Gasteiger partial charge in [-0.2, -0.15) is 0 Å². The Morgan fingerprint density at radius 1 is 1.14 bits per heavy atom. The van der Waals surface area contributed by atoms with Gasteiger partial charge in [-0.3, -0.25) is 0 Å². The van der Waals surface area contributed by atoms with Crippen LogP contribution in [0.2, 0.25) is 0 Å². The third kappa shape index (κ3) is 3.52. The maximum absolute atomic E-state index is 5.71. The first-order chi connectivity index (χ1) is 6.53. The Hall–Kier alpha value is -0.803. The molecule has 0 aliphatic rings. The molecule has 0 saturated heterocycles. The second kappa shape index (κ2) is 4.62. The van der Waals surface area contributed by atoms with Crippen LogP contribution >= 0.6 is 0 Å². The molecule has 3 heteroatoms. The summed E-state index contributed by atoms with van der Waals surface area (Å²) < 4.78 is 10.9. The molecule has 0 aliphatic heterocycles. The Kier molecular flexibility index (Phi) is 3.72. The SMILES string of the molecule is COc1ccccc1[Si]OC(C)(C)C. The van der Waals surface area contributed by atoms with Crippen LogP contribution in [0, 0.1) is 0 Å². The molecule has 0 unspecified atom stereocenters. The van der Waals surface area contributed by atoms with Crippen LogP contribution in [0.25, 0.3) is 0 Å². The molecular formula is C11H16O2Si. The van der Waals surface area contributed by atoms with Crippen LogP contribution in [-0.4, -0.2) is 22.5 Å². The van der Waals surface area contributed by atoms with Gasteiger partial charge in [0.25, 0.3) is 9.76 Å². The number of methoxy groups -OCH3 is 1. The summed E-state index contributed by atoms with van der Waals surface area (Å²) in [5.74, 6) is 0.898. The molecular weight excluding hydrogens is 192 g/mol. The summed E-state index contributed by atoms with van der Waals surface area (Å²) in [7, 11) is 2.02. The van der Waals surface area contributed by atoms with E-state index in [4.69, 9.17) is 9.16 Å². The van der Waals surface area contributed by atoms with Gasteiger partial charge in [-0.25, -0.2) is 0 Å². The van der Waals surface area contributed by atoms with Gasteiger partial charge in [0.05, 0.1) is 7.11 Å². The molecule has 0 heterocycles. The Bertz CT molecular complexity index is 292. The number of benzene rings is 1. The molecule has 0 aromatic heterocycles. The minimum atomic E-state index is -0.0979. The van der Waals surface area contributed by atoms with Crippen LogP contribution in [-0.2, 0) is 4.43 Å². The normalized spacial score (nSPS) is 11.4. The van der Waals surface area contributed by atoms with Crippen molar-refractivity contribution in [2.45, 2.75) is 26.4 Å². The summed E-state index contributed by atoms with van der Waals surface area (Å²) >= 11 is 0. The van der Waals surface area contributed by atoms with E-state index in [0.717, 1.165) is 10.9 Å². The molecule has 1 aromatic rings. The van der Waals surface area contributed by atoms with Crippen molar-refractivity contribution >= 4 is 14.9 Å². The highest BCUT2D eigenvalue weighted by atomic mass is 28.2. The fourth-order valence-electron chi connectivity index (χ4n) is 0.937. The van der Waals surface area contributed by atoms with Crippen molar-refractivity contribution in [3.8, 4) is 5.75 Å². The fourth-order valence-corrected chi connectivity index (χ4v) is 1.80. The van der Waals surface area contributed by atoms with E-state index in [1.807, 2.05) is 24.3 Å². The molecule has 2 radical (unpaired) electrons. The lowest BCUT2D eigenvalue weighted by molar-refractivity contribution is 0.141. The van der Waals surface area contributed by atoms with E-state index in [-0.39, 0.29) is 5.60 Å². The van der Waals surface area contributed by atoms with Crippen molar-refractivity contribution in [3.63, 3.8) is 0 Å². The molecule has 0 aliphatic carbocycles. The van der Waals surface area contributed by atoms with Crippen molar-refractivity contribution in [2.24, 2.45) is 0 Å². The molecule has 0 saturated carbocycles. The monoisotopic (exact) mass is 208 g/mol. The summed E-state index contributed by atoms with van der Waals surface area (Å²) in [6.07, 6.45) is 0. The molecule has 1 rings (SSSR count). The van der Waals surface area contributed by atoms with Gasteiger partial charge in [-0.05, 0) is 26.8 Å². The van der Waals surface area contributed by atoms with E-state index in [1.54, 1.807) is 7.11 Å². The zero-order chi connectivity index (χ0) is 10.6. The first-order valence-corrected chi connectivity index (χ1v) is 5.51. The number of rotatable bonds is 3. The van der Waals surface area contributed by atoms with Gasteiger partial charge in [0.2, 0.25) is 0 Å². The van der Waals surface area contributed by atoms with Gasteiger partial charge in [-0.1, -0.05) is 18.2 Å². The summed E-state index contributed by atoms with van der Waals surface area (Å²) in [4.78, 5) is 0. The van der Waals surface area contributed by atoms with Crippen LogP contribution in [0.4, 0.5) is 0 Å². The molecule has 0 fully saturated rings. The highest BCUT2D eigenvalue weighted by Gasteiger charge is 2.13. The third-order valence-electron chi connectivity index (χ3n) is 1.57. The predicted octanol–water partition coefficient (Wildman–Crippen LogP) is 1.75. The van der Waals surface area contributed by atoms with Gasteiger partial charge >= 0.3 is 0 Å². The second-order valence-electron chi connectivity index (χ2n) is 4.02. The van der Waals surface area contributed by atoms with E-state index in [2.05, 4.69) is 20.8 Å². The van der Waals surface area contributed by atoms with Crippen LogP contribution in [0.5, 0.6) is 5.75 Å². The smallest absolute Gasteiger partial charge is 0.273 e. The van der Waals surface area contributed by atoms with Crippen LogP contribution in [0.3, 0.4) is 0 Å². The largest absolute Gasteiger partial charge is 0.497 e. The highest BCUT2D eigenvalue weighted by Crippen LogP contribution is 2.08. The molecule has 0 bridgehead atoms. The van der Waals surface area contributed by atoms with Crippen molar-refractivity contribution in [1.29, 1.82) is 0 Å². The highest BCUT2D eigenvalue weighted by molar-refractivity contribution is 6.48. The van der Waals surface area contributed by atoms with Gasteiger partial charge < -0.3 is 9.16 Å². The van der Waals surface area contributed by atoms with E-state index in [9.17, 15) is 0 Å². The molecule has 2 nitrogen and oxygen atoms in total. The van der Waals surface area contributed by atoms with Gasteiger partial charge in [0.1, 0.15) is 5.75 Å². The van der Waals surface area contributed by atoms with Crippen molar-refractivity contribution in [1.82, 2.24) is 0 Å². The quantitative estimate of drug-likeness (QED) is 0.705. The minimum absolute atomic E-state index is 0.0979. The second-order valence-corrected chi connectivity index (χ2v) is 4.96. The van der Waals surface area contributed by atoms with E-state index in [0.29, 0.717) is 9.76 Å². The summed E-state index contributed by atoms with van der Waals surface area (Å²) in [6, 6.07) is 7.94. The van der Waals surface area contributed by atoms with Crippen LogP contribution in [0.15, 0.2) is 24.3 Å². The first kappa shape index (κ1) is 11.3. The molecule has 14 heavy (non-hydrogen) atoms. The first-order valence-electron chi connectivity index (χ1n) is 4.60. The topological polar surface area (TPSA) is 18.5 Å². The maximum Gasteiger partial charge on any atom is 0.273 e. The van der Waals surface area contributed by atoms with Gasteiger partial charge in [-0.15, -0.1) is 0 Å². The van der Waals surface area contributed by atoms with Crippen LogP contribution in [0.1, 0.15) is 20.8 Å². The number of ether oxygens (including phenoxy) is 1. The Morgan fingerprint density at radius 2 is 1.79 bits per heavy atom. The standard InChI is InChI=1S/C11H16O2Si/c1-11(2,3)13-14-10-8-6-5-7-9(10)12-4/h5-8H,1-4H3. The van der Waals surface area contributed by atoms with E-state index >= 15 is 0 Å². The third-order valence-corrected chi connectivity index (χ3v) is 2.92. The van der Waals surface area contributed by atoms with Crippen molar-refractivity contribution in [2.75, 3.05) is 7.11 Å². The van der Waals surface area contributed by atoms with E-state index in [1.165, 1.54) is 0 Å². The lowest BCUT2D eigenvalue weighted by Gasteiger charge is -2.19. The number of hydrogen-bond acceptors (Lipinski definition) is 2. The molecule has 76 valence electrons. The van der Waals surface area contributed by atoms with Gasteiger partial charge in [0, 0.05) is 10.8 Å².